The van der Waals surface area contributed by atoms with Crippen LogP contribution in [0.25, 0.3) is 10.4 Å². The largest absolute Gasteiger partial charge is 0.481 e. The number of aliphatic carboxylic acids is 1. The fourth-order valence-electron chi connectivity index (χ4n) is 0.870. The van der Waals surface area contributed by atoms with Crippen LogP contribution in [0.2, 0.25) is 0 Å². The minimum Gasteiger partial charge on any atom is -0.481 e. The molecule has 8 heteroatoms. The zero-order valence-corrected chi connectivity index (χ0v) is 10.7. The highest BCUT2D eigenvalue weighted by atomic mass is 32.2. The number of carboxylic acid groups (broad SMARTS) is 1. The molecule has 0 aromatic carbocycles. The topological polar surface area (TPSA) is 112 Å². The van der Waals surface area contributed by atoms with E-state index in [1.807, 2.05) is 20.8 Å². The molecule has 0 rings (SSSR count). The van der Waals surface area contributed by atoms with Crippen molar-refractivity contribution in [3.63, 3.8) is 0 Å². The lowest BCUT2D eigenvalue weighted by molar-refractivity contribution is -0.151. The second-order valence-electron chi connectivity index (χ2n) is 4.30. The summed E-state index contributed by atoms with van der Waals surface area (Å²) >= 11 is 1.44. The van der Waals surface area contributed by atoms with E-state index in [2.05, 4.69) is 15.0 Å². The molecule has 17 heavy (non-hydrogen) atoms. The van der Waals surface area contributed by atoms with Crippen LogP contribution in [0.4, 0.5) is 0 Å². The molecule has 0 aliphatic rings. The lowest BCUT2D eigenvalue weighted by Crippen LogP contribution is -2.23. The van der Waals surface area contributed by atoms with Gasteiger partial charge in [0.15, 0.2) is 0 Å². The van der Waals surface area contributed by atoms with Gasteiger partial charge in [-0.2, -0.15) is 11.8 Å². The van der Waals surface area contributed by atoms with Crippen LogP contribution in [0.1, 0.15) is 27.2 Å². The lowest BCUT2D eigenvalue weighted by atomic mass is 10.1. The molecule has 0 radical (unpaired) electrons. The first kappa shape index (κ1) is 15.6. The van der Waals surface area contributed by atoms with Gasteiger partial charge in [-0.15, -0.1) is 0 Å². The Bertz CT molecular complexity index is 334. The Kier molecular flexibility index (Phi) is 6.45. The SMILES string of the molecule is CC(C)(C)SC[C@@H](CC(=O)ON=[N+]=[N-])C(=O)O. The summed E-state index contributed by atoms with van der Waals surface area (Å²) < 4.78 is -0.0809. The minimum absolute atomic E-state index is 0.0809. The zero-order valence-electron chi connectivity index (χ0n) is 9.91. The van der Waals surface area contributed by atoms with E-state index >= 15 is 0 Å². The summed E-state index contributed by atoms with van der Waals surface area (Å²) in [4.78, 5) is 28.3. The molecule has 7 nitrogen and oxygen atoms in total. The summed E-state index contributed by atoms with van der Waals surface area (Å²) in [5.41, 5.74) is 7.93. The highest BCUT2D eigenvalue weighted by molar-refractivity contribution is 8.00. The standard InChI is InChI=1S/C9H15N3O4S/c1-9(2,3)17-5-6(8(14)15)4-7(13)16-12-11-10/h6H,4-5H2,1-3H3,(H,14,15)/t6-/m1/s1. The predicted octanol–water partition coefficient (Wildman–Crippen LogP) is 2.38. The number of azide groups is 1. The van der Waals surface area contributed by atoms with E-state index in [0.29, 0.717) is 5.75 Å². The van der Waals surface area contributed by atoms with Gasteiger partial charge in [0.05, 0.1) is 12.3 Å². The van der Waals surface area contributed by atoms with Gasteiger partial charge in [0, 0.05) is 15.4 Å². The van der Waals surface area contributed by atoms with Gasteiger partial charge in [-0.25, -0.2) is 0 Å². The Labute approximate surface area is 103 Å². The summed E-state index contributed by atoms with van der Waals surface area (Å²) in [5, 5.41) is 11.5. The van der Waals surface area contributed by atoms with Gasteiger partial charge in [-0.05, 0) is 5.53 Å². The maximum Gasteiger partial charge on any atom is 0.318 e. The van der Waals surface area contributed by atoms with Crippen molar-refractivity contribution < 1.29 is 19.5 Å². The summed E-state index contributed by atoms with van der Waals surface area (Å²) in [6.45, 7) is 5.86. The van der Waals surface area contributed by atoms with Crippen LogP contribution in [-0.2, 0) is 14.4 Å². The van der Waals surface area contributed by atoms with E-state index in [0.717, 1.165) is 0 Å². The van der Waals surface area contributed by atoms with Crippen molar-refractivity contribution in [1.29, 1.82) is 0 Å². The number of nitrogens with zero attached hydrogens (tertiary/aromatic N) is 3. The van der Waals surface area contributed by atoms with Gasteiger partial charge < -0.3 is 9.94 Å². The van der Waals surface area contributed by atoms with Gasteiger partial charge in [0.25, 0.3) is 0 Å². The van der Waals surface area contributed by atoms with E-state index in [1.165, 1.54) is 11.8 Å². The molecule has 0 saturated carbocycles. The molecule has 0 fully saturated rings. The summed E-state index contributed by atoms with van der Waals surface area (Å²) in [6, 6.07) is 0. The molecule has 0 spiro atoms. The van der Waals surface area contributed by atoms with Crippen molar-refractivity contribution in [2.75, 3.05) is 5.75 Å². The molecule has 1 atom stereocenters. The molecule has 0 heterocycles. The first-order valence-electron chi connectivity index (χ1n) is 4.87. The highest BCUT2D eigenvalue weighted by Crippen LogP contribution is 2.26. The smallest absolute Gasteiger partial charge is 0.318 e. The second-order valence-corrected chi connectivity index (χ2v) is 6.14. The van der Waals surface area contributed by atoms with Crippen LogP contribution in [0, 0.1) is 5.92 Å². The number of hydrogen-bond acceptors (Lipinski definition) is 5. The molecule has 0 aromatic rings. The number of hydrogen-bond donors (Lipinski definition) is 1. The van der Waals surface area contributed by atoms with E-state index in [1.54, 1.807) is 0 Å². The summed E-state index contributed by atoms with van der Waals surface area (Å²) in [7, 11) is 0. The van der Waals surface area contributed by atoms with Gasteiger partial charge in [-0.1, -0.05) is 20.8 Å². The second kappa shape index (κ2) is 7.03. The number of rotatable bonds is 6. The zero-order chi connectivity index (χ0) is 13.5. The Morgan fingerprint density at radius 2 is 2.12 bits per heavy atom. The Morgan fingerprint density at radius 3 is 2.53 bits per heavy atom. The third-order valence-electron chi connectivity index (χ3n) is 1.66. The molecule has 96 valence electrons. The molecular weight excluding hydrogens is 246 g/mol. The summed E-state index contributed by atoms with van der Waals surface area (Å²) in [5.74, 6) is -2.46. The van der Waals surface area contributed by atoms with Gasteiger partial charge in [0.1, 0.15) is 5.28 Å². The van der Waals surface area contributed by atoms with Gasteiger partial charge in [-0.3, -0.25) is 9.59 Å². The Hall–Kier alpha value is -1.40. The van der Waals surface area contributed by atoms with Crippen LogP contribution in [0.3, 0.4) is 0 Å². The highest BCUT2D eigenvalue weighted by Gasteiger charge is 2.24. The fourth-order valence-corrected chi connectivity index (χ4v) is 1.83. The third kappa shape index (κ3) is 8.41. The van der Waals surface area contributed by atoms with E-state index < -0.39 is 17.9 Å². The molecule has 0 amide bonds. The molecule has 0 unspecified atom stereocenters. The maximum atomic E-state index is 11.1. The molecule has 0 aromatic heterocycles. The van der Waals surface area contributed by atoms with Crippen LogP contribution in [-0.4, -0.2) is 27.5 Å². The Morgan fingerprint density at radius 1 is 1.53 bits per heavy atom. The molecule has 0 aliphatic carbocycles. The van der Waals surface area contributed by atoms with Crippen molar-refractivity contribution >= 4 is 23.7 Å². The molecular formula is C9H15N3O4S. The minimum atomic E-state index is -1.07. The van der Waals surface area contributed by atoms with Crippen LogP contribution >= 0.6 is 11.8 Å². The van der Waals surface area contributed by atoms with E-state index in [-0.39, 0.29) is 11.2 Å². The van der Waals surface area contributed by atoms with E-state index in [9.17, 15) is 9.59 Å². The van der Waals surface area contributed by atoms with Crippen molar-refractivity contribution in [1.82, 2.24) is 0 Å². The average Bonchev–Trinajstić information content (AvgIpc) is 2.19. The first-order valence-corrected chi connectivity index (χ1v) is 5.86. The van der Waals surface area contributed by atoms with Crippen molar-refractivity contribution in [2.24, 2.45) is 11.2 Å². The third-order valence-corrected chi connectivity index (χ3v) is 3.09. The number of carbonyl (C=O) groups excluding carboxylic acids is 1. The van der Waals surface area contributed by atoms with Crippen LogP contribution < -0.4 is 0 Å². The maximum absolute atomic E-state index is 11.1. The molecule has 0 aliphatic heterocycles. The van der Waals surface area contributed by atoms with Crippen molar-refractivity contribution in [3.8, 4) is 0 Å². The number of carbonyl (C=O) groups is 2. The van der Waals surface area contributed by atoms with Crippen LogP contribution in [0.5, 0.6) is 0 Å². The predicted molar refractivity (Wildman–Crippen MR) is 63.2 cm³/mol. The normalized spacial score (nSPS) is 12.4. The van der Waals surface area contributed by atoms with Crippen molar-refractivity contribution in [2.45, 2.75) is 31.9 Å². The van der Waals surface area contributed by atoms with E-state index in [4.69, 9.17) is 10.6 Å². The van der Waals surface area contributed by atoms with Crippen molar-refractivity contribution in [3.05, 3.63) is 10.4 Å². The van der Waals surface area contributed by atoms with Crippen LogP contribution in [0.15, 0.2) is 5.28 Å². The molecule has 0 bridgehead atoms. The van der Waals surface area contributed by atoms with Gasteiger partial charge >= 0.3 is 11.9 Å². The lowest BCUT2D eigenvalue weighted by Gasteiger charge is -2.20. The van der Waals surface area contributed by atoms with Gasteiger partial charge in [0.2, 0.25) is 0 Å². The quantitative estimate of drug-likeness (QED) is 0.341. The Balaban J connectivity index is 4.30. The molecule has 1 N–H and O–H groups in total. The average molecular weight is 261 g/mol. The monoisotopic (exact) mass is 261 g/mol. The molecule has 0 saturated heterocycles. The summed E-state index contributed by atoms with van der Waals surface area (Å²) in [6.07, 6.45) is -0.308. The number of thioether (sulfide) groups is 1. The first-order chi connectivity index (χ1) is 7.76. The fraction of sp³-hybridized carbons (Fsp3) is 0.778. The number of carboxylic acids is 1.